The summed E-state index contributed by atoms with van der Waals surface area (Å²) in [7, 11) is 1.61. The molecule has 1 rings (SSSR count). The molecule has 1 heterocycles. The molecule has 0 saturated heterocycles. The van der Waals surface area contributed by atoms with Crippen LogP contribution in [0.25, 0.3) is 0 Å². The van der Waals surface area contributed by atoms with Gasteiger partial charge >= 0.3 is 5.97 Å². The molecule has 0 atom stereocenters. The van der Waals surface area contributed by atoms with Gasteiger partial charge in [-0.3, -0.25) is 9.59 Å². The number of hydrogen-bond acceptors (Lipinski definition) is 3. The summed E-state index contributed by atoms with van der Waals surface area (Å²) in [4.78, 5) is 23.6. The number of amides is 1. The van der Waals surface area contributed by atoms with E-state index < -0.39 is 5.97 Å². The van der Waals surface area contributed by atoms with E-state index in [2.05, 4.69) is 0 Å². The zero-order valence-electron chi connectivity index (χ0n) is 8.69. The van der Waals surface area contributed by atoms with Gasteiger partial charge in [-0.25, -0.2) is 0 Å². The molecule has 5 heteroatoms. The summed E-state index contributed by atoms with van der Waals surface area (Å²) in [6.45, 7) is 2.11. The van der Waals surface area contributed by atoms with Gasteiger partial charge < -0.3 is 10.0 Å². The summed E-state index contributed by atoms with van der Waals surface area (Å²) in [5.74, 6) is -1.01. The number of carbonyl (C=O) groups is 2. The van der Waals surface area contributed by atoms with Gasteiger partial charge in [0.05, 0.1) is 12.0 Å². The largest absolute Gasteiger partial charge is 0.481 e. The normalized spacial score (nSPS) is 10.0. The van der Waals surface area contributed by atoms with E-state index in [1.54, 1.807) is 12.4 Å². The molecule has 0 fully saturated rings. The Labute approximate surface area is 92.1 Å². The first kappa shape index (κ1) is 11.7. The minimum atomic E-state index is -0.892. The molecule has 0 saturated carbocycles. The topological polar surface area (TPSA) is 57.6 Å². The van der Waals surface area contributed by atoms with Crippen LogP contribution < -0.4 is 0 Å². The molecule has 0 spiro atoms. The van der Waals surface area contributed by atoms with Crippen LogP contribution in [0.1, 0.15) is 22.3 Å². The molecule has 0 aliphatic rings. The zero-order chi connectivity index (χ0) is 11.4. The molecule has 4 nitrogen and oxygen atoms in total. The summed E-state index contributed by atoms with van der Waals surface area (Å²) in [5.41, 5.74) is 1.60. The maximum atomic E-state index is 11.8. The third kappa shape index (κ3) is 3.06. The SMILES string of the molecule is Cc1cscc1C(=O)N(C)CCC(=O)O. The van der Waals surface area contributed by atoms with E-state index in [1.807, 2.05) is 12.3 Å². The molecule has 0 radical (unpaired) electrons. The molecule has 15 heavy (non-hydrogen) atoms. The second-order valence-corrected chi connectivity index (χ2v) is 4.08. The Hall–Kier alpha value is -1.36. The van der Waals surface area contributed by atoms with Crippen molar-refractivity contribution in [1.82, 2.24) is 4.90 Å². The van der Waals surface area contributed by atoms with Crippen molar-refractivity contribution in [3.8, 4) is 0 Å². The van der Waals surface area contributed by atoms with Crippen molar-refractivity contribution in [3.05, 3.63) is 21.9 Å². The van der Waals surface area contributed by atoms with Crippen molar-refractivity contribution < 1.29 is 14.7 Å². The molecule has 82 valence electrons. The maximum absolute atomic E-state index is 11.8. The Morgan fingerprint density at radius 2 is 2.13 bits per heavy atom. The maximum Gasteiger partial charge on any atom is 0.305 e. The molecule has 0 aliphatic heterocycles. The number of thiophene rings is 1. The highest BCUT2D eigenvalue weighted by molar-refractivity contribution is 7.08. The van der Waals surface area contributed by atoms with Crippen LogP contribution in [0.15, 0.2) is 10.8 Å². The Morgan fingerprint density at radius 1 is 1.47 bits per heavy atom. The third-order valence-corrected chi connectivity index (χ3v) is 2.96. The standard InChI is InChI=1S/C10H13NO3S/c1-7-5-15-6-8(7)10(14)11(2)4-3-9(12)13/h5-6H,3-4H2,1-2H3,(H,12,13). The fourth-order valence-corrected chi connectivity index (χ4v) is 1.97. The molecule has 0 unspecified atom stereocenters. The summed E-state index contributed by atoms with van der Waals surface area (Å²) >= 11 is 1.47. The number of nitrogens with zero attached hydrogens (tertiary/aromatic N) is 1. The van der Waals surface area contributed by atoms with E-state index in [1.165, 1.54) is 16.2 Å². The highest BCUT2D eigenvalue weighted by Crippen LogP contribution is 2.15. The highest BCUT2D eigenvalue weighted by Gasteiger charge is 2.15. The minimum Gasteiger partial charge on any atom is -0.481 e. The van der Waals surface area contributed by atoms with Gasteiger partial charge in [-0.1, -0.05) is 0 Å². The molecule has 1 N–H and O–H groups in total. The molecule has 0 bridgehead atoms. The van der Waals surface area contributed by atoms with Crippen LogP contribution in [0.2, 0.25) is 0 Å². The third-order valence-electron chi connectivity index (χ3n) is 2.09. The lowest BCUT2D eigenvalue weighted by atomic mass is 10.2. The van der Waals surface area contributed by atoms with Crippen molar-refractivity contribution in [2.24, 2.45) is 0 Å². The second-order valence-electron chi connectivity index (χ2n) is 3.34. The predicted octanol–water partition coefficient (Wildman–Crippen LogP) is 1.60. The Kier molecular flexibility index (Phi) is 3.85. The van der Waals surface area contributed by atoms with E-state index in [9.17, 15) is 9.59 Å². The van der Waals surface area contributed by atoms with E-state index in [-0.39, 0.29) is 18.9 Å². The lowest BCUT2D eigenvalue weighted by molar-refractivity contribution is -0.137. The van der Waals surface area contributed by atoms with Gasteiger partial charge in [-0.05, 0) is 17.9 Å². The van der Waals surface area contributed by atoms with Crippen molar-refractivity contribution in [1.29, 1.82) is 0 Å². The number of hydrogen-bond donors (Lipinski definition) is 1. The van der Waals surface area contributed by atoms with Gasteiger partial charge in [-0.15, -0.1) is 0 Å². The summed E-state index contributed by atoms with van der Waals surface area (Å²) in [5, 5.41) is 12.2. The van der Waals surface area contributed by atoms with E-state index in [0.29, 0.717) is 5.56 Å². The first-order valence-electron chi connectivity index (χ1n) is 4.52. The summed E-state index contributed by atoms with van der Waals surface area (Å²) in [6.07, 6.45) is -0.0224. The molecular weight excluding hydrogens is 214 g/mol. The average molecular weight is 227 g/mol. The fourth-order valence-electron chi connectivity index (χ4n) is 1.15. The second kappa shape index (κ2) is 4.93. The zero-order valence-corrected chi connectivity index (χ0v) is 9.50. The molecule has 1 aromatic rings. The lowest BCUT2D eigenvalue weighted by Gasteiger charge is -2.15. The van der Waals surface area contributed by atoms with E-state index in [4.69, 9.17) is 5.11 Å². The van der Waals surface area contributed by atoms with Crippen molar-refractivity contribution >= 4 is 23.2 Å². The molecule has 0 aliphatic carbocycles. The molecule has 1 amide bonds. The number of rotatable bonds is 4. The van der Waals surface area contributed by atoms with Crippen molar-refractivity contribution in [3.63, 3.8) is 0 Å². The van der Waals surface area contributed by atoms with Crippen LogP contribution in [-0.4, -0.2) is 35.5 Å². The van der Waals surface area contributed by atoms with Gasteiger partial charge in [0.2, 0.25) is 0 Å². The smallest absolute Gasteiger partial charge is 0.305 e. The first-order chi connectivity index (χ1) is 7.02. The van der Waals surface area contributed by atoms with Gasteiger partial charge in [0, 0.05) is 19.0 Å². The number of aryl methyl sites for hydroxylation is 1. The van der Waals surface area contributed by atoms with Gasteiger partial charge in [0.1, 0.15) is 0 Å². The fraction of sp³-hybridized carbons (Fsp3) is 0.400. The predicted molar refractivity (Wildman–Crippen MR) is 58.3 cm³/mol. The van der Waals surface area contributed by atoms with Crippen molar-refractivity contribution in [2.75, 3.05) is 13.6 Å². The van der Waals surface area contributed by atoms with E-state index >= 15 is 0 Å². The lowest BCUT2D eigenvalue weighted by Crippen LogP contribution is -2.29. The Balaban J connectivity index is 2.61. The van der Waals surface area contributed by atoms with Gasteiger partial charge in [-0.2, -0.15) is 11.3 Å². The Bertz CT molecular complexity index is 372. The quantitative estimate of drug-likeness (QED) is 0.850. The summed E-state index contributed by atoms with van der Waals surface area (Å²) in [6, 6.07) is 0. The number of carbonyl (C=O) groups excluding carboxylic acids is 1. The van der Waals surface area contributed by atoms with Gasteiger partial charge in [0.15, 0.2) is 0 Å². The van der Waals surface area contributed by atoms with Crippen molar-refractivity contribution in [2.45, 2.75) is 13.3 Å². The summed E-state index contributed by atoms with van der Waals surface area (Å²) < 4.78 is 0. The minimum absolute atomic E-state index is 0.0224. The number of carboxylic acid groups (broad SMARTS) is 1. The van der Waals surface area contributed by atoms with Crippen LogP contribution in [0.5, 0.6) is 0 Å². The molecular formula is C10H13NO3S. The Morgan fingerprint density at radius 3 is 2.60 bits per heavy atom. The van der Waals surface area contributed by atoms with Crippen LogP contribution >= 0.6 is 11.3 Å². The monoisotopic (exact) mass is 227 g/mol. The number of aliphatic carboxylic acids is 1. The molecule has 0 aromatic carbocycles. The van der Waals surface area contributed by atoms with Crippen LogP contribution in [0.4, 0.5) is 0 Å². The van der Waals surface area contributed by atoms with Gasteiger partial charge in [0.25, 0.3) is 5.91 Å². The number of carboxylic acids is 1. The first-order valence-corrected chi connectivity index (χ1v) is 5.46. The van der Waals surface area contributed by atoms with Crippen LogP contribution in [-0.2, 0) is 4.79 Å². The van der Waals surface area contributed by atoms with Crippen LogP contribution in [0, 0.1) is 6.92 Å². The molecule has 1 aromatic heterocycles. The average Bonchev–Trinajstić information content (AvgIpc) is 2.59. The highest BCUT2D eigenvalue weighted by atomic mass is 32.1. The van der Waals surface area contributed by atoms with Crippen LogP contribution in [0.3, 0.4) is 0 Å². The van der Waals surface area contributed by atoms with E-state index in [0.717, 1.165) is 5.56 Å².